The van der Waals surface area contributed by atoms with Gasteiger partial charge in [-0.25, -0.2) is 14.4 Å². The third-order valence-corrected chi connectivity index (χ3v) is 5.39. The number of hydrogen-bond donors (Lipinski definition) is 1. The molecule has 1 heterocycles. The highest BCUT2D eigenvalue weighted by Gasteiger charge is 2.13. The fourth-order valence-electron chi connectivity index (χ4n) is 3.17. The first-order valence-electron chi connectivity index (χ1n) is 10.1. The van der Waals surface area contributed by atoms with E-state index in [9.17, 15) is 4.39 Å². The van der Waals surface area contributed by atoms with Crippen LogP contribution in [0.3, 0.4) is 0 Å². The lowest BCUT2D eigenvalue weighted by Crippen LogP contribution is -2.02. The van der Waals surface area contributed by atoms with E-state index in [0.717, 1.165) is 17.0 Å². The van der Waals surface area contributed by atoms with Crippen LogP contribution in [0.4, 0.5) is 16.0 Å². The standard InChI is InChI=1S/C25H23FN4OS/c1-17-6-8-18(9-7-17)14-31-23-13-20(26)10-11-22(23)24-27-16-28-25(30-24)29-21-5-3-4-19(12-21)15-32-2/h3-13,16H,14-15H2,1-2H3,(H,27,28,29,30). The van der Waals surface area contributed by atoms with Crippen LogP contribution in [0.25, 0.3) is 11.4 Å². The number of hydrogen-bond acceptors (Lipinski definition) is 6. The van der Waals surface area contributed by atoms with Crippen molar-refractivity contribution in [3.8, 4) is 17.1 Å². The molecule has 0 aliphatic heterocycles. The van der Waals surface area contributed by atoms with Gasteiger partial charge >= 0.3 is 0 Å². The van der Waals surface area contributed by atoms with E-state index >= 15 is 0 Å². The van der Waals surface area contributed by atoms with Crippen molar-refractivity contribution in [2.45, 2.75) is 19.3 Å². The fourth-order valence-corrected chi connectivity index (χ4v) is 3.68. The minimum Gasteiger partial charge on any atom is -0.488 e. The van der Waals surface area contributed by atoms with Crippen LogP contribution in [0.15, 0.2) is 73.1 Å². The molecular formula is C25H23FN4OS. The van der Waals surface area contributed by atoms with E-state index in [1.165, 1.54) is 29.6 Å². The van der Waals surface area contributed by atoms with Gasteiger partial charge in [-0.3, -0.25) is 0 Å². The lowest BCUT2D eigenvalue weighted by molar-refractivity contribution is 0.305. The Morgan fingerprint density at radius 3 is 2.62 bits per heavy atom. The van der Waals surface area contributed by atoms with Crippen molar-refractivity contribution >= 4 is 23.4 Å². The second-order valence-electron chi connectivity index (χ2n) is 7.31. The minimum atomic E-state index is -0.384. The highest BCUT2D eigenvalue weighted by molar-refractivity contribution is 7.97. The molecule has 0 radical (unpaired) electrons. The molecule has 0 aliphatic rings. The predicted octanol–water partition coefficient (Wildman–Crippen LogP) is 6.17. The Morgan fingerprint density at radius 1 is 0.969 bits per heavy atom. The summed E-state index contributed by atoms with van der Waals surface area (Å²) in [6, 6.07) is 20.5. The van der Waals surface area contributed by atoms with Crippen molar-refractivity contribution < 1.29 is 9.13 Å². The van der Waals surface area contributed by atoms with E-state index in [4.69, 9.17) is 4.74 Å². The maximum atomic E-state index is 14.0. The van der Waals surface area contributed by atoms with Crippen LogP contribution in [0, 0.1) is 12.7 Å². The van der Waals surface area contributed by atoms with Gasteiger partial charge in [-0.05, 0) is 48.6 Å². The van der Waals surface area contributed by atoms with E-state index in [-0.39, 0.29) is 5.82 Å². The molecule has 162 valence electrons. The molecule has 3 aromatic carbocycles. The predicted molar refractivity (Wildman–Crippen MR) is 128 cm³/mol. The zero-order valence-corrected chi connectivity index (χ0v) is 18.7. The summed E-state index contributed by atoms with van der Waals surface area (Å²) in [4.78, 5) is 13.0. The molecule has 32 heavy (non-hydrogen) atoms. The largest absolute Gasteiger partial charge is 0.488 e. The fraction of sp³-hybridized carbons (Fsp3) is 0.160. The van der Waals surface area contributed by atoms with Gasteiger partial charge in [-0.2, -0.15) is 16.7 Å². The van der Waals surface area contributed by atoms with Crippen molar-refractivity contribution in [1.29, 1.82) is 0 Å². The van der Waals surface area contributed by atoms with Gasteiger partial charge < -0.3 is 10.1 Å². The maximum absolute atomic E-state index is 14.0. The Kier molecular flexibility index (Phi) is 6.97. The van der Waals surface area contributed by atoms with E-state index in [0.29, 0.717) is 29.7 Å². The van der Waals surface area contributed by atoms with Crippen molar-refractivity contribution in [1.82, 2.24) is 15.0 Å². The summed E-state index contributed by atoms with van der Waals surface area (Å²) in [6.07, 6.45) is 3.50. The van der Waals surface area contributed by atoms with Crippen molar-refractivity contribution in [2.24, 2.45) is 0 Å². The molecule has 4 aromatic rings. The van der Waals surface area contributed by atoms with Gasteiger partial charge in [0.2, 0.25) is 5.95 Å². The van der Waals surface area contributed by atoms with Crippen LogP contribution in [-0.2, 0) is 12.4 Å². The zero-order chi connectivity index (χ0) is 22.3. The maximum Gasteiger partial charge on any atom is 0.230 e. The molecule has 0 aliphatic carbocycles. The van der Waals surface area contributed by atoms with Gasteiger partial charge in [0.05, 0.1) is 5.56 Å². The number of nitrogens with zero attached hydrogens (tertiary/aromatic N) is 3. The molecular weight excluding hydrogens is 423 g/mol. The number of aryl methyl sites for hydroxylation is 1. The number of ether oxygens (including phenoxy) is 1. The van der Waals surface area contributed by atoms with Crippen LogP contribution in [-0.4, -0.2) is 21.2 Å². The molecule has 0 amide bonds. The van der Waals surface area contributed by atoms with Crippen molar-refractivity contribution in [3.63, 3.8) is 0 Å². The van der Waals surface area contributed by atoms with Crippen molar-refractivity contribution in [3.05, 3.63) is 95.6 Å². The normalized spacial score (nSPS) is 10.7. The monoisotopic (exact) mass is 446 g/mol. The molecule has 7 heteroatoms. The lowest BCUT2D eigenvalue weighted by atomic mass is 10.1. The average molecular weight is 447 g/mol. The summed E-state index contributed by atoms with van der Waals surface area (Å²) in [7, 11) is 0. The highest BCUT2D eigenvalue weighted by Crippen LogP contribution is 2.30. The summed E-state index contributed by atoms with van der Waals surface area (Å²) >= 11 is 1.76. The number of anilines is 2. The van der Waals surface area contributed by atoms with Gasteiger partial charge in [-0.15, -0.1) is 0 Å². The first kappa shape index (κ1) is 21.8. The number of aromatic nitrogens is 3. The topological polar surface area (TPSA) is 59.9 Å². The van der Waals surface area contributed by atoms with E-state index < -0.39 is 0 Å². The molecule has 5 nitrogen and oxygen atoms in total. The van der Waals surface area contributed by atoms with Crippen LogP contribution in [0.5, 0.6) is 5.75 Å². The summed E-state index contributed by atoms with van der Waals surface area (Å²) in [6.45, 7) is 2.34. The highest BCUT2D eigenvalue weighted by atomic mass is 32.2. The Balaban J connectivity index is 1.57. The van der Waals surface area contributed by atoms with Gasteiger partial charge in [0.15, 0.2) is 5.82 Å². The van der Waals surface area contributed by atoms with Crippen LogP contribution in [0.2, 0.25) is 0 Å². The lowest BCUT2D eigenvalue weighted by Gasteiger charge is -2.12. The van der Waals surface area contributed by atoms with Crippen LogP contribution >= 0.6 is 11.8 Å². The van der Waals surface area contributed by atoms with Crippen molar-refractivity contribution in [2.75, 3.05) is 11.6 Å². The van der Waals surface area contributed by atoms with E-state index in [2.05, 4.69) is 38.7 Å². The summed E-state index contributed by atoms with van der Waals surface area (Å²) < 4.78 is 19.9. The minimum absolute atomic E-state index is 0.315. The molecule has 4 rings (SSSR count). The SMILES string of the molecule is CSCc1cccc(Nc2ncnc(-c3ccc(F)cc3OCc3ccc(C)cc3)n2)c1. The molecule has 1 aromatic heterocycles. The first-order chi connectivity index (χ1) is 15.6. The number of nitrogens with one attached hydrogen (secondary N) is 1. The molecule has 0 spiro atoms. The van der Waals surface area contributed by atoms with Gasteiger partial charge in [-0.1, -0.05) is 42.0 Å². The van der Waals surface area contributed by atoms with E-state index in [1.807, 2.05) is 43.3 Å². The summed E-state index contributed by atoms with van der Waals surface area (Å²) in [5, 5.41) is 3.22. The number of benzene rings is 3. The Morgan fingerprint density at radius 2 is 1.81 bits per heavy atom. The molecule has 0 saturated heterocycles. The van der Waals surface area contributed by atoms with Gasteiger partial charge in [0.1, 0.15) is 24.5 Å². The molecule has 0 atom stereocenters. The molecule has 0 unspecified atom stereocenters. The summed E-state index contributed by atoms with van der Waals surface area (Å²) in [5.41, 5.74) is 4.86. The number of halogens is 1. The van der Waals surface area contributed by atoms with Gasteiger partial charge in [0.25, 0.3) is 0 Å². The van der Waals surface area contributed by atoms with Gasteiger partial charge in [0, 0.05) is 17.5 Å². The zero-order valence-electron chi connectivity index (χ0n) is 17.9. The molecule has 0 bridgehead atoms. The Bertz CT molecular complexity index is 1200. The van der Waals surface area contributed by atoms with Crippen LogP contribution in [0.1, 0.15) is 16.7 Å². The third-order valence-electron chi connectivity index (χ3n) is 4.77. The third kappa shape index (κ3) is 5.62. The van der Waals surface area contributed by atoms with Crippen LogP contribution < -0.4 is 10.1 Å². The second-order valence-corrected chi connectivity index (χ2v) is 8.17. The Hall–Kier alpha value is -3.45. The quantitative estimate of drug-likeness (QED) is 0.349. The molecule has 1 N–H and O–H groups in total. The molecule has 0 fully saturated rings. The van der Waals surface area contributed by atoms with E-state index in [1.54, 1.807) is 17.8 Å². The first-order valence-corrected chi connectivity index (χ1v) is 11.5. The Labute approximate surface area is 191 Å². The molecule has 0 saturated carbocycles. The number of thioether (sulfide) groups is 1. The average Bonchev–Trinajstić information content (AvgIpc) is 2.79. The smallest absolute Gasteiger partial charge is 0.230 e. The summed E-state index contributed by atoms with van der Waals surface area (Å²) in [5.74, 6) is 1.73. The second kappa shape index (κ2) is 10.2. The number of rotatable bonds is 8.